The highest BCUT2D eigenvalue weighted by molar-refractivity contribution is 7.98. The number of aliphatic carboxylic acids is 1. The standard InChI is InChI=1S/C11H16N2O4S2/c1-7-6-19-11(17)13(7)5-9(14)12-8(10(15)16)3-4-18-2/h6,8H,3-5H2,1-2H3,(H,12,14)(H,15,16)/t8-/m1/s1. The summed E-state index contributed by atoms with van der Waals surface area (Å²) in [6.45, 7) is 1.59. The van der Waals surface area contributed by atoms with Crippen molar-refractivity contribution in [1.29, 1.82) is 0 Å². The van der Waals surface area contributed by atoms with Gasteiger partial charge >= 0.3 is 10.8 Å². The van der Waals surface area contributed by atoms with Crippen LogP contribution in [-0.4, -0.2) is 39.6 Å². The molecule has 0 aliphatic rings. The topological polar surface area (TPSA) is 88.4 Å². The molecule has 8 heteroatoms. The van der Waals surface area contributed by atoms with E-state index in [0.717, 1.165) is 11.3 Å². The summed E-state index contributed by atoms with van der Waals surface area (Å²) < 4.78 is 1.33. The van der Waals surface area contributed by atoms with E-state index in [-0.39, 0.29) is 11.4 Å². The van der Waals surface area contributed by atoms with E-state index in [1.54, 1.807) is 12.3 Å². The van der Waals surface area contributed by atoms with Crippen LogP contribution in [0.3, 0.4) is 0 Å². The van der Waals surface area contributed by atoms with Gasteiger partial charge in [0.15, 0.2) is 0 Å². The van der Waals surface area contributed by atoms with Crippen LogP contribution in [0.15, 0.2) is 10.2 Å². The average molecular weight is 304 g/mol. The summed E-state index contributed by atoms with van der Waals surface area (Å²) in [5, 5.41) is 13.1. The molecule has 1 aromatic heterocycles. The van der Waals surface area contributed by atoms with Gasteiger partial charge in [-0.1, -0.05) is 11.3 Å². The number of hydrogen-bond acceptors (Lipinski definition) is 5. The smallest absolute Gasteiger partial charge is 0.326 e. The highest BCUT2D eigenvalue weighted by Gasteiger charge is 2.20. The number of thioether (sulfide) groups is 1. The molecule has 19 heavy (non-hydrogen) atoms. The Kier molecular flexibility index (Phi) is 6.10. The zero-order valence-corrected chi connectivity index (χ0v) is 12.3. The monoisotopic (exact) mass is 304 g/mol. The first-order chi connectivity index (χ1) is 8.95. The van der Waals surface area contributed by atoms with Crippen LogP contribution in [-0.2, 0) is 16.1 Å². The number of carbonyl (C=O) groups excluding carboxylic acids is 1. The molecule has 1 aromatic rings. The van der Waals surface area contributed by atoms with Crippen LogP contribution in [0.4, 0.5) is 0 Å². The maximum atomic E-state index is 11.8. The molecule has 1 heterocycles. The van der Waals surface area contributed by atoms with Gasteiger partial charge in [0.05, 0.1) is 0 Å². The second-order valence-corrected chi connectivity index (χ2v) is 5.78. The van der Waals surface area contributed by atoms with Gasteiger partial charge in [0, 0.05) is 11.1 Å². The summed E-state index contributed by atoms with van der Waals surface area (Å²) in [6, 6.07) is -0.908. The molecule has 0 aliphatic heterocycles. The van der Waals surface area contributed by atoms with Gasteiger partial charge in [-0.3, -0.25) is 14.2 Å². The van der Waals surface area contributed by atoms with Gasteiger partial charge in [-0.2, -0.15) is 11.8 Å². The molecule has 0 aromatic carbocycles. The number of nitrogens with one attached hydrogen (secondary N) is 1. The summed E-state index contributed by atoms with van der Waals surface area (Å²) in [7, 11) is 0. The van der Waals surface area contributed by atoms with Crippen molar-refractivity contribution in [2.24, 2.45) is 0 Å². The Balaban J connectivity index is 2.63. The summed E-state index contributed by atoms with van der Waals surface area (Å²) in [6.07, 6.45) is 2.23. The van der Waals surface area contributed by atoms with Crippen LogP contribution in [0.5, 0.6) is 0 Å². The van der Waals surface area contributed by atoms with Crippen molar-refractivity contribution in [2.75, 3.05) is 12.0 Å². The lowest BCUT2D eigenvalue weighted by atomic mass is 10.2. The summed E-state index contributed by atoms with van der Waals surface area (Å²) >= 11 is 2.54. The molecule has 0 fully saturated rings. The number of nitrogens with zero attached hydrogens (tertiary/aromatic N) is 1. The van der Waals surface area contributed by atoms with E-state index in [4.69, 9.17) is 5.11 Å². The van der Waals surface area contributed by atoms with E-state index in [0.29, 0.717) is 17.9 Å². The summed E-state index contributed by atoms with van der Waals surface area (Å²) in [4.78, 5) is 34.0. The minimum Gasteiger partial charge on any atom is -0.480 e. The van der Waals surface area contributed by atoms with Crippen LogP contribution >= 0.6 is 23.1 Å². The van der Waals surface area contributed by atoms with Crippen molar-refractivity contribution in [3.05, 3.63) is 20.7 Å². The SMILES string of the molecule is CSCC[C@@H](NC(=O)Cn1c(C)csc1=O)C(=O)O. The Morgan fingerprint density at radius 1 is 1.58 bits per heavy atom. The maximum absolute atomic E-state index is 11.8. The molecular weight excluding hydrogens is 288 g/mol. The zero-order chi connectivity index (χ0) is 14.4. The fourth-order valence-corrected chi connectivity index (χ4v) is 2.68. The highest BCUT2D eigenvalue weighted by Crippen LogP contribution is 2.02. The number of carboxylic acids is 1. The molecule has 0 saturated carbocycles. The molecule has 0 radical (unpaired) electrons. The van der Waals surface area contributed by atoms with Crippen molar-refractivity contribution in [3.63, 3.8) is 0 Å². The van der Waals surface area contributed by atoms with Crippen LogP contribution in [0.1, 0.15) is 12.1 Å². The molecule has 0 spiro atoms. The fourth-order valence-electron chi connectivity index (χ4n) is 1.47. The summed E-state index contributed by atoms with van der Waals surface area (Å²) in [5.74, 6) is -0.872. The number of carbonyl (C=O) groups is 2. The second-order valence-electron chi connectivity index (χ2n) is 3.97. The quantitative estimate of drug-likeness (QED) is 0.767. The number of rotatable bonds is 7. The lowest BCUT2D eigenvalue weighted by Gasteiger charge is -2.14. The van der Waals surface area contributed by atoms with Gasteiger partial charge in [0.2, 0.25) is 5.91 Å². The Labute approximate surface area is 118 Å². The molecule has 1 amide bonds. The fraction of sp³-hybridized carbons (Fsp3) is 0.545. The third-order valence-electron chi connectivity index (χ3n) is 2.52. The molecule has 106 valence electrons. The van der Waals surface area contributed by atoms with Gasteiger partial charge in [0.1, 0.15) is 12.6 Å². The minimum absolute atomic E-state index is 0.142. The van der Waals surface area contributed by atoms with E-state index >= 15 is 0 Å². The Bertz CT molecular complexity index is 509. The Morgan fingerprint density at radius 2 is 2.26 bits per heavy atom. The molecule has 1 rings (SSSR count). The van der Waals surface area contributed by atoms with Crippen molar-refractivity contribution >= 4 is 35.0 Å². The first-order valence-electron chi connectivity index (χ1n) is 5.61. The van der Waals surface area contributed by atoms with E-state index in [2.05, 4.69) is 5.32 Å². The van der Waals surface area contributed by atoms with Crippen molar-refractivity contribution in [3.8, 4) is 0 Å². The molecule has 0 saturated heterocycles. The van der Waals surface area contributed by atoms with Gasteiger partial charge in [-0.15, -0.1) is 0 Å². The van der Waals surface area contributed by atoms with E-state index in [1.807, 2.05) is 6.26 Å². The number of thiazole rings is 1. The lowest BCUT2D eigenvalue weighted by Crippen LogP contribution is -2.43. The van der Waals surface area contributed by atoms with E-state index < -0.39 is 17.9 Å². The number of aromatic nitrogens is 1. The number of aryl methyl sites for hydroxylation is 1. The lowest BCUT2D eigenvalue weighted by molar-refractivity contribution is -0.141. The molecule has 0 bridgehead atoms. The molecular formula is C11H16N2O4S2. The molecule has 0 aliphatic carbocycles. The predicted octanol–water partition coefficient (Wildman–Crippen LogP) is 0.541. The first-order valence-corrected chi connectivity index (χ1v) is 7.89. The molecule has 6 nitrogen and oxygen atoms in total. The van der Waals surface area contributed by atoms with Gasteiger partial charge in [-0.05, 0) is 25.4 Å². The Hall–Kier alpha value is -1.28. The number of hydrogen-bond donors (Lipinski definition) is 2. The van der Waals surface area contributed by atoms with Crippen LogP contribution in [0, 0.1) is 6.92 Å². The second kappa shape index (κ2) is 7.34. The predicted molar refractivity (Wildman–Crippen MR) is 75.9 cm³/mol. The molecule has 2 N–H and O–H groups in total. The van der Waals surface area contributed by atoms with Crippen LogP contribution in [0.25, 0.3) is 0 Å². The van der Waals surface area contributed by atoms with Crippen LogP contribution in [0.2, 0.25) is 0 Å². The van der Waals surface area contributed by atoms with E-state index in [9.17, 15) is 14.4 Å². The third-order valence-corrected chi connectivity index (χ3v) is 4.05. The van der Waals surface area contributed by atoms with Crippen molar-refractivity contribution in [1.82, 2.24) is 9.88 Å². The van der Waals surface area contributed by atoms with Crippen molar-refractivity contribution in [2.45, 2.75) is 25.9 Å². The van der Waals surface area contributed by atoms with E-state index in [1.165, 1.54) is 16.3 Å². The first kappa shape index (κ1) is 15.8. The maximum Gasteiger partial charge on any atom is 0.326 e. The van der Waals surface area contributed by atoms with Crippen molar-refractivity contribution < 1.29 is 14.7 Å². The number of carboxylic acid groups (broad SMARTS) is 1. The molecule has 0 unspecified atom stereocenters. The van der Waals surface area contributed by atoms with Crippen LogP contribution < -0.4 is 10.2 Å². The largest absolute Gasteiger partial charge is 0.480 e. The van der Waals surface area contributed by atoms with Gasteiger partial charge < -0.3 is 10.4 Å². The summed E-state index contributed by atoms with van der Waals surface area (Å²) in [5.41, 5.74) is 0.695. The number of amides is 1. The third kappa shape index (κ3) is 4.71. The normalized spacial score (nSPS) is 12.1. The molecule has 1 atom stereocenters. The zero-order valence-electron chi connectivity index (χ0n) is 10.7. The Morgan fingerprint density at radius 3 is 2.74 bits per heavy atom. The van der Waals surface area contributed by atoms with Gasteiger partial charge in [-0.25, -0.2) is 4.79 Å². The minimum atomic E-state index is -1.06. The highest BCUT2D eigenvalue weighted by atomic mass is 32.2. The average Bonchev–Trinajstić information content (AvgIpc) is 2.66. The van der Waals surface area contributed by atoms with Gasteiger partial charge in [0.25, 0.3) is 0 Å².